The van der Waals surface area contributed by atoms with Gasteiger partial charge in [0.05, 0.1) is 25.6 Å². The molecule has 0 aliphatic carbocycles. The Morgan fingerprint density at radius 2 is 0.722 bits per heavy atom. The van der Waals surface area contributed by atoms with Crippen LogP contribution >= 0.6 is 0 Å². The Morgan fingerprint density at radius 1 is 0.444 bits per heavy atom. The molecule has 0 fully saturated rings. The normalized spacial score (nSPS) is 14.5. The quantitative estimate of drug-likeness (QED) is 0.402. The number of anilines is 2. The molecule has 0 bridgehead atoms. The molecule has 0 N–H and O–H groups in total. The second kappa shape index (κ2) is 7.78. The van der Waals surface area contributed by atoms with Gasteiger partial charge in [0.2, 0.25) is 0 Å². The predicted octanol–water partition coefficient (Wildman–Crippen LogP) is 4.46. The highest BCUT2D eigenvalue weighted by molar-refractivity contribution is 6.42. The van der Waals surface area contributed by atoms with E-state index >= 15 is 0 Å². The van der Waals surface area contributed by atoms with Gasteiger partial charge in [0.25, 0.3) is 23.6 Å². The smallest absolute Gasteiger partial charge is 0.265 e. The van der Waals surface area contributed by atoms with E-state index in [2.05, 4.69) is 0 Å². The van der Waals surface area contributed by atoms with E-state index in [0.29, 0.717) is 33.6 Å². The number of hydrogen-bond donors (Lipinski definition) is 0. The number of hydrogen-bond acceptors (Lipinski definition) is 6. The number of imide groups is 2. The third-order valence-corrected chi connectivity index (χ3v) is 6.56. The van der Waals surface area contributed by atoms with Crippen LogP contribution < -0.4 is 19.3 Å². The maximum Gasteiger partial charge on any atom is 0.265 e. The van der Waals surface area contributed by atoms with Gasteiger partial charge in [-0.15, -0.1) is 0 Å². The first-order valence-electron chi connectivity index (χ1n) is 11.1. The van der Waals surface area contributed by atoms with Crippen LogP contribution in [-0.4, -0.2) is 37.8 Å². The minimum Gasteiger partial charge on any atom is -0.497 e. The summed E-state index contributed by atoms with van der Waals surface area (Å²) in [7, 11) is 3.06. The average molecular weight is 478 g/mol. The third kappa shape index (κ3) is 2.88. The molecule has 2 aliphatic heterocycles. The zero-order valence-electron chi connectivity index (χ0n) is 19.3. The zero-order valence-corrected chi connectivity index (χ0v) is 19.3. The van der Waals surface area contributed by atoms with Gasteiger partial charge < -0.3 is 9.47 Å². The molecule has 2 heterocycles. The summed E-state index contributed by atoms with van der Waals surface area (Å²) in [6.45, 7) is 0. The van der Waals surface area contributed by atoms with E-state index in [9.17, 15) is 19.2 Å². The molecule has 176 valence electrons. The molecule has 8 nitrogen and oxygen atoms in total. The molecule has 4 aromatic carbocycles. The maximum atomic E-state index is 13.5. The predicted molar refractivity (Wildman–Crippen MR) is 132 cm³/mol. The number of ether oxygens (including phenoxy) is 2. The summed E-state index contributed by atoms with van der Waals surface area (Å²) in [4.78, 5) is 56.1. The lowest BCUT2D eigenvalue weighted by Gasteiger charge is -2.32. The first-order chi connectivity index (χ1) is 17.4. The van der Waals surface area contributed by atoms with Gasteiger partial charge in [0.1, 0.15) is 11.5 Å². The van der Waals surface area contributed by atoms with Crippen molar-refractivity contribution in [3.8, 4) is 11.5 Å². The molecule has 0 radical (unpaired) electrons. The fourth-order valence-electron chi connectivity index (χ4n) is 4.81. The summed E-state index contributed by atoms with van der Waals surface area (Å²) >= 11 is 0. The molecule has 8 heteroatoms. The second-order valence-corrected chi connectivity index (χ2v) is 8.36. The fraction of sp³-hybridized carbons (Fsp3) is 0.0714. The van der Waals surface area contributed by atoms with E-state index in [1.165, 1.54) is 38.5 Å². The van der Waals surface area contributed by atoms with Crippen LogP contribution in [0, 0.1) is 0 Å². The Labute approximate surface area is 205 Å². The Bertz CT molecular complexity index is 1430. The van der Waals surface area contributed by atoms with Crippen molar-refractivity contribution in [2.24, 2.45) is 0 Å². The van der Waals surface area contributed by atoms with Crippen molar-refractivity contribution in [3.05, 3.63) is 95.1 Å². The molecule has 0 atom stereocenters. The number of amides is 4. The van der Waals surface area contributed by atoms with Crippen molar-refractivity contribution in [3.63, 3.8) is 0 Å². The molecule has 0 spiro atoms. The minimum atomic E-state index is -0.529. The summed E-state index contributed by atoms with van der Waals surface area (Å²) < 4.78 is 10.3. The molecule has 0 saturated heterocycles. The van der Waals surface area contributed by atoms with E-state index in [0.717, 1.165) is 9.80 Å². The van der Waals surface area contributed by atoms with Gasteiger partial charge in [-0.3, -0.25) is 19.2 Å². The number of methoxy groups -OCH3 is 2. The lowest BCUT2D eigenvalue weighted by molar-refractivity contribution is 0.0873. The molecule has 36 heavy (non-hydrogen) atoms. The van der Waals surface area contributed by atoms with Gasteiger partial charge in [-0.2, -0.15) is 0 Å². The van der Waals surface area contributed by atoms with E-state index < -0.39 is 23.6 Å². The Balaban J connectivity index is 1.50. The van der Waals surface area contributed by atoms with Gasteiger partial charge in [0.15, 0.2) is 0 Å². The molecule has 0 aromatic heterocycles. The minimum absolute atomic E-state index is 0.250. The van der Waals surface area contributed by atoms with Crippen LogP contribution in [0.25, 0.3) is 10.8 Å². The summed E-state index contributed by atoms with van der Waals surface area (Å²) in [5, 5.41) is 0.640. The van der Waals surface area contributed by atoms with E-state index in [-0.39, 0.29) is 22.3 Å². The lowest BCUT2D eigenvalue weighted by atomic mass is 9.85. The summed E-state index contributed by atoms with van der Waals surface area (Å²) in [5.41, 5.74) is 1.78. The van der Waals surface area contributed by atoms with Crippen LogP contribution in [0.5, 0.6) is 11.5 Å². The SMILES string of the molecule is COc1ccc(N2C(=O)c3ccc4c5c(ccc(c35)C2=O)C(=O)N(c2ccc(OC)cc2)C4=O)cc1. The molecule has 4 aromatic rings. The van der Waals surface area contributed by atoms with Crippen LogP contribution in [0.2, 0.25) is 0 Å². The molecule has 4 amide bonds. The highest BCUT2D eigenvalue weighted by Gasteiger charge is 2.40. The average Bonchev–Trinajstić information content (AvgIpc) is 2.91. The highest BCUT2D eigenvalue weighted by Crippen LogP contribution is 2.40. The van der Waals surface area contributed by atoms with Crippen LogP contribution in [0.1, 0.15) is 41.4 Å². The van der Waals surface area contributed by atoms with Crippen molar-refractivity contribution in [1.29, 1.82) is 0 Å². The van der Waals surface area contributed by atoms with Crippen LogP contribution in [0.15, 0.2) is 72.8 Å². The Morgan fingerprint density at radius 3 is 0.972 bits per heavy atom. The fourth-order valence-corrected chi connectivity index (χ4v) is 4.81. The standard InChI is InChI=1S/C28H18N2O6/c1-35-17-7-3-15(4-8-17)29-25(31)19-11-13-21-24-22(14-12-20(23(19)24)26(29)32)28(34)30(27(21)33)16-5-9-18(36-2)10-6-16/h3-14H,1-2H3. The first kappa shape index (κ1) is 21.5. The Hall–Kier alpha value is -4.98. The first-order valence-corrected chi connectivity index (χ1v) is 11.1. The largest absolute Gasteiger partial charge is 0.497 e. The molecule has 6 rings (SSSR count). The molecular weight excluding hydrogens is 460 g/mol. The van der Waals surface area contributed by atoms with Crippen molar-refractivity contribution in [2.75, 3.05) is 24.0 Å². The van der Waals surface area contributed by atoms with Crippen molar-refractivity contribution in [1.82, 2.24) is 0 Å². The highest BCUT2D eigenvalue weighted by atomic mass is 16.5. The molecule has 0 unspecified atom stereocenters. The van der Waals surface area contributed by atoms with Gasteiger partial charge in [-0.05, 0) is 72.8 Å². The van der Waals surface area contributed by atoms with Crippen molar-refractivity contribution < 1.29 is 28.7 Å². The number of rotatable bonds is 4. The van der Waals surface area contributed by atoms with Gasteiger partial charge >= 0.3 is 0 Å². The number of benzene rings is 4. The Kier molecular flexibility index (Phi) is 4.65. The second-order valence-electron chi connectivity index (χ2n) is 8.36. The molecule has 0 saturated carbocycles. The maximum absolute atomic E-state index is 13.5. The summed E-state index contributed by atoms with van der Waals surface area (Å²) in [6, 6.07) is 19.3. The van der Waals surface area contributed by atoms with Crippen LogP contribution in [-0.2, 0) is 0 Å². The summed E-state index contributed by atoms with van der Waals surface area (Å²) in [6.07, 6.45) is 0. The van der Waals surface area contributed by atoms with Crippen molar-refractivity contribution >= 4 is 45.8 Å². The molecular formula is C28H18N2O6. The van der Waals surface area contributed by atoms with Crippen LogP contribution in [0.3, 0.4) is 0 Å². The number of carbonyl (C=O) groups excluding carboxylic acids is 4. The number of carbonyl (C=O) groups is 4. The lowest BCUT2D eigenvalue weighted by Crippen LogP contribution is -2.43. The van der Waals surface area contributed by atoms with Gasteiger partial charge in [-0.25, -0.2) is 9.80 Å². The monoisotopic (exact) mass is 478 g/mol. The molecule has 2 aliphatic rings. The van der Waals surface area contributed by atoms with E-state index in [1.807, 2.05) is 0 Å². The van der Waals surface area contributed by atoms with Gasteiger partial charge in [-0.1, -0.05) is 0 Å². The van der Waals surface area contributed by atoms with Gasteiger partial charge in [0, 0.05) is 33.0 Å². The number of nitrogens with zero attached hydrogens (tertiary/aromatic N) is 2. The van der Waals surface area contributed by atoms with E-state index in [1.54, 1.807) is 48.5 Å². The van der Waals surface area contributed by atoms with Crippen LogP contribution in [0.4, 0.5) is 11.4 Å². The summed E-state index contributed by atoms with van der Waals surface area (Å²) in [5.74, 6) is -0.934. The van der Waals surface area contributed by atoms with Crippen molar-refractivity contribution in [2.45, 2.75) is 0 Å². The van der Waals surface area contributed by atoms with E-state index in [4.69, 9.17) is 9.47 Å². The topological polar surface area (TPSA) is 93.2 Å². The zero-order chi connectivity index (χ0) is 25.1. The third-order valence-electron chi connectivity index (χ3n) is 6.56.